The van der Waals surface area contributed by atoms with E-state index in [1.54, 1.807) is 16.2 Å². The average molecular weight is 289 g/mol. The van der Waals surface area contributed by atoms with Crippen LogP contribution in [0.3, 0.4) is 0 Å². The number of aryl methyl sites for hydroxylation is 1. The van der Waals surface area contributed by atoms with Crippen LogP contribution in [0.1, 0.15) is 25.5 Å². The fraction of sp³-hybridized carbons (Fsp3) is 0.438. The molecule has 114 valence electrons. The summed E-state index contributed by atoms with van der Waals surface area (Å²) < 4.78 is 8.64. The highest BCUT2D eigenvalue weighted by Crippen LogP contribution is 2.18. The van der Waals surface area contributed by atoms with E-state index < -0.39 is 0 Å². The van der Waals surface area contributed by atoms with Crippen LogP contribution in [-0.2, 0) is 13.1 Å². The summed E-state index contributed by atoms with van der Waals surface area (Å²) in [5.74, 6) is 0.836. The first-order chi connectivity index (χ1) is 10.2. The van der Waals surface area contributed by atoms with Gasteiger partial charge in [-0.05, 0) is 31.2 Å². The Labute approximate surface area is 125 Å². The second kappa shape index (κ2) is 7.13. The van der Waals surface area contributed by atoms with Crippen LogP contribution in [0.2, 0.25) is 0 Å². The Morgan fingerprint density at radius 1 is 1.14 bits per heavy atom. The summed E-state index contributed by atoms with van der Waals surface area (Å²) in [6.07, 6.45) is 3.68. The topological polar surface area (TPSA) is 48.2 Å². The van der Waals surface area contributed by atoms with Crippen LogP contribution in [0, 0.1) is 0 Å². The number of aromatic nitrogens is 2. The molecule has 0 fully saturated rings. The fourth-order valence-corrected chi connectivity index (χ4v) is 2.40. The van der Waals surface area contributed by atoms with Gasteiger partial charge in [-0.3, -0.25) is 9.13 Å². The molecule has 0 aliphatic carbocycles. The van der Waals surface area contributed by atoms with Crippen molar-refractivity contribution in [2.24, 2.45) is 0 Å². The zero-order valence-electron chi connectivity index (χ0n) is 12.9. The molecule has 5 nitrogen and oxygen atoms in total. The number of likely N-dealkylation sites (N-methyl/N-ethyl adjacent to an activating group) is 1. The smallest absolute Gasteiger partial charge is 0.328 e. The number of nitrogens with zero attached hydrogens (tertiary/aromatic N) is 2. The number of nitrogens with one attached hydrogen (secondary N) is 1. The Kier molecular flexibility index (Phi) is 5.22. The van der Waals surface area contributed by atoms with Crippen molar-refractivity contribution in [1.29, 1.82) is 0 Å². The van der Waals surface area contributed by atoms with Gasteiger partial charge in [-0.25, -0.2) is 4.79 Å². The van der Waals surface area contributed by atoms with E-state index in [0.29, 0.717) is 13.1 Å². The minimum atomic E-state index is 0.0360. The third kappa shape index (κ3) is 3.55. The van der Waals surface area contributed by atoms with Gasteiger partial charge in [0.15, 0.2) is 0 Å². The lowest BCUT2D eigenvalue weighted by molar-refractivity contribution is 0.413. The third-order valence-corrected chi connectivity index (χ3v) is 3.61. The first-order valence-corrected chi connectivity index (χ1v) is 7.32. The molecule has 0 bridgehead atoms. The van der Waals surface area contributed by atoms with Crippen molar-refractivity contribution in [2.45, 2.75) is 33.0 Å². The summed E-state index contributed by atoms with van der Waals surface area (Å²) in [6, 6.07) is 8.06. The average Bonchev–Trinajstić information content (AvgIpc) is 2.87. The fourth-order valence-electron chi connectivity index (χ4n) is 2.40. The largest absolute Gasteiger partial charge is 0.497 e. The summed E-state index contributed by atoms with van der Waals surface area (Å²) in [7, 11) is 1.66. The molecule has 1 N–H and O–H groups in total. The van der Waals surface area contributed by atoms with Gasteiger partial charge < -0.3 is 10.1 Å². The first kappa shape index (κ1) is 15.4. The number of benzene rings is 1. The second-order valence-corrected chi connectivity index (χ2v) is 4.90. The molecule has 1 atom stereocenters. The Morgan fingerprint density at radius 2 is 1.81 bits per heavy atom. The number of hydrogen-bond donors (Lipinski definition) is 1. The van der Waals surface area contributed by atoms with E-state index in [4.69, 9.17) is 4.74 Å². The summed E-state index contributed by atoms with van der Waals surface area (Å²) in [5.41, 5.74) is 1.18. The lowest BCUT2D eigenvalue weighted by Crippen LogP contribution is -2.31. The minimum absolute atomic E-state index is 0.0360. The van der Waals surface area contributed by atoms with Crippen LogP contribution in [0.25, 0.3) is 0 Å². The minimum Gasteiger partial charge on any atom is -0.497 e. The summed E-state index contributed by atoms with van der Waals surface area (Å²) in [5, 5.41) is 3.43. The van der Waals surface area contributed by atoms with E-state index in [-0.39, 0.29) is 11.7 Å². The monoisotopic (exact) mass is 289 g/mol. The molecule has 0 saturated heterocycles. The van der Waals surface area contributed by atoms with Crippen LogP contribution < -0.4 is 15.7 Å². The molecule has 2 aromatic rings. The van der Waals surface area contributed by atoms with E-state index in [2.05, 4.69) is 12.2 Å². The van der Waals surface area contributed by atoms with E-state index >= 15 is 0 Å². The predicted octanol–water partition coefficient (Wildman–Crippen LogP) is 2.03. The number of ether oxygens (including phenoxy) is 1. The number of rotatable bonds is 7. The Bertz CT molecular complexity index is 613. The molecule has 1 aromatic heterocycles. The van der Waals surface area contributed by atoms with Crippen molar-refractivity contribution in [2.75, 3.05) is 13.7 Å². The molecule has 1 unspecified atom stereocenters. The standard InChI is InChI=1S/C16H23N3O2/c1-4-17-15(13-6-8-14(21-3)9-7-13)12-19-11-10-18(5-2)16(19)20/h6-11,15,17H,4-5,12H2,1-3H3. The lowest BCUT2D eigenvalue weighted by Gasteiger charge is -2.19. The molecule has 1 heterocycles. The van der Waals surface area contributed by atoms with E-state index in [0.717, 1.165) is 17.9 Å². The van der Waals surface area contributed by atoms with Crippen LogP contribution in [0.5, 0.6) is 5.75 Å². The van der Waals surface area contributed by atoms with Gasteiger partial charge in [-0.2, -0.15) is 0 Å². The van der Waals surface area contributed by atoms with Gasteiger partial charge in [-0.1, -0.05) is 19.1 Å². The molecule has 5 heteroatoms. The zero-order valence-corrected chi connectivity index (χ0v) is 12.9. The highest BCUT2D eigenvalue weighted by Gasteiger charge is 2.13. The molecule has 1 aromatic carbocycles. The quantitative estimate of drug-likeness (QED) is 0.848. The molecule has 0 radical (unpaired) electrons. The van der Waals surface area contributed by atoms with Gasteiger partial charge in [-0.15, -0.1) is 0 Å². The Hall–Kier alpha value is -2.01. The second-order valence-electron chi connectivity index (χ2n) is 4.90. The van der Waals surface area contributed by atoms with Crippen molar-refractivity contribution in [3.8, 4) is 5.75 Å². The van der Waals surface area contributed by atoms with Crippen LogP contribution in [0.15, 0.2) is 41.5 Å². The third-order valence-electron chi connectivity index (χ3n) is 3.61. The first-order valence-electron chi connectivity index (χ1n) is 7.32. The summed E-state index contributed by atoms with van der Waals surface area (Å²) >= 11 is 0. The van der Waals surface area contributed by atoms with Crippen molar-refractivity contribution in [3.05, 3.63) is 52.7 Å². The summed E-state index contributed by atoms with van der Waals surface area (Å²) in [6.45, 7) is 6.19. The van der Waals surface area contributed by atoms with Gasteiger partial charge in [0.1, 0.15) is 5.75 Å². The van der Waals surface area contributed by atoms with Crippen LogP contribution >= 0.6 is 0 Å². The maximum absolute atomic E-state index is 12.1. The molecule has 2 rings (SSSR count). The van der Waals surface area contributed by atoms with E-state index in [1.807, 2.05) is 43.6 Å². The molecule has 0 spiro atoms. The van der Waals surface area contributed by atoms with Crippen LogP contribution in [0.4, 0.5) is 0 Å². The Balaban J connectivity index is 2.21. The highest BCUT2D eigenvalue weighted by atomic mass is 16.5. The molecule has 0 aliphatic heterocycles. The van der Waals surface area contributed by atoms with E-state index in [9.17, 15) is 4.79 Å². The van der Waals surface area contributed by atoms with Gasteiger partial charge in [0.2, 0.25) is 0 Å². The van der Waals surface area contributed by atoms with Gasteiger partial charge in [0, 0.05) is 25.5 Å². The van der Waals surface area contributed by atoms with Crippen molar-refractivity contribution in [1.82, 2.24) is 14.5 Å². The van der Waals surface area contributed by atoms with Gasteiger partial charge in [0.05, 0.1) is 13.2 Å². The number of hydrogen-bond acceptors (Lipinski definition) is 3. The normalized spacial score (nSPS) is 12.3. The number of methoxy groups -OCH3 is 1. The summed E-state index contributed by atoms with van der Waals surface area (Å²) in [4.78, 5) is 12.1. The zero-order chi connectivity index (χ0) is 15.2. The van der Waals surface area contributed by atoms with Crippen LogP contribution in [-0.4, -0.2) is 22.8 Å². The number of imidazole rings is 1. The maximum atomic E-state index is 12.1. The van der Waals surface area contributed by atoms with Crippen molar-refractivity contribution >= 4 is 0 Å². The SMILES string of the molecule is CCNC(Cn1ccn(CC)c1=O)c1ccc(OC)cc1. The van der Waals surface area contributed by atoms with Crippen molar-refractivity contribution in [3.63, 3.8) is 0 Å². The van der Waals surface area contributed by atoms with E-state index in [1.165, 1.54) is 0 Å². The molecule has 0 aliphatic rings. The molecule has 0 amide bonds. The molecule has 21 heavy (non-hydrogen) atoms. The molecule has 0 saturated carbocycles. The molecular formula is C16H23N3O2. The van der Waals surface area contributed by atoms with Crippen molar-refractivity contribution < 1.29 is 4.74 Å². The lowest BCUT2D eigenvalue weighted by atomic mass is 10.1. The highest BCUT2D eigenvalue weighted by molar-refractivity contribution is 5.29. The Morgan fingerprint density at radius 3 is 2.33 bits per heavy atom. The predicted molar refractivity (Wildman–Crippen MR) is 83.8 cm³/mol. The van der Waals surface area contributed by atoms with Gasteiger partial charge in [0.25, 0.3) is 0 Å². The molecular weight excluding hydrogens is 266 g/mol. The van der Waals surface area contributed by atoms with Gasteiger partial charge >= 0.3 is 5.69 Å². The maximum Gasteiger partial charge on any atom is 0.328 e.